The summed E-state index contributed by atoms with van der Waals surface area (Å²) in [5, 5.41) is 0. The van der Waals surface area contributed by atoms with Gasteiger partial charge >= 0.3 is 5.76 Å². The second kappa shape index (κ2) is 5.77. The van der Waals surface area contributed by atoms with Gasteiger partial charge in [-0.05, 0) is 30.7 Å². The van der Waals surface area contributed by atoms with Crippen LogP contribution in [0.5, 0.6) is 0 Å². The Morgan fingerprint density at radius 3 is 2.64 bits per heavy atom. The molecule has 0 atom stereocenters. The van der Waals surface area contributed by atoms with Crippen LogP contribution in [0.2, 0.25) is 0 Å². The summed E-state index contributed by atoms with van der Waals surface area (Å²) in [6.45, 7) is 5.76. The van der Waals surface area contributed by atoms with Crippen molar-refractivity contribution in [2.45, 2.75) is 20.8 Å². The van der Waals surface area contributed by atoms with Crippen molar-refractivity contribution in [3.63, 3.8) is 0 Å². The zero-order valence-electron chi connectivity index (χ0n) is 14.5. The average molecular weight is 360 g/mol. The van der Waals surface area contributed by atoms with Gasteiger partial charge in [-0.1, -0.05) is 32.1 Å². The number of aryl methyl sites for hydroxylation is 2. The van der Waals surface area contributed by atoms with Crippen molar-refractivity contribution in [3.05, 3.63) is 63.5 Å². The van der Waals surface area contributed by atoms with Gasteiger partial charge in [0.1, 0.15) is 0 Å². The van der Waals surface area contributed by atoms with E-state index in [1.54, 1.807) is 38.3 Å². The molecule has 1 N–H and O–H groups in total. The lowest BCUT2D eigenvalue weighted by atomic mass is 9.93. The zero-order chi connectivity index (χ0) is 18.4. The van der Waals surface area contributed by atoms with Crippen LogP contribution in [0.1, 0.15) is 19.4 Å². The molecule has 6 nitrogen and oxygen atoms in total. The predicted octanol–water partition coefficient (Wildman–Crippen LogP) is 3.22. The third kappa shape index (κ3) is 3.32. The SMILES string of the molecule is Cc1cc2c(cc1NS(=O)(=O)C1=CC=CC(C)(C)C=C1)oc(=O)n2C. The van der Waals surface area contributed by atoms with Gasteiger partial charge < -0.3 is 4.42 Å². The van der Waals surface area contributed by atoms with Crippen LogP contribution in [0.4, 0.5) is 5.69 Å². The summed E-state index contributed by atoms with van der Waals surface area (Å²) in [5.41, 5.74) is 1.81. The fourth-order valence-electron chi connectivity index (χ4n) is 2.57. The van der Waals surface area contributed by atoms with Gasteiger partial charge in [-0.2, -0.15) is 0 Å². The second-order valence-electron chi connectivity index (χ2n) is 6.75. The minimum absolute atomic E-state index is 0.170. The minimum Gasteiger partial charge on any atom is -0.408 e. The summed E-state index contributed by atoms with van der Waals surface area (Å²) in [4.78, 5) is 11.8. The quantitative estimate of drug-likeness (QED) is 0.911. The molecule has 0 spiro atoms. The number of anilines is 1. The summed E-state index contributed by atoms with van der Waals surface area (Å²) in [6, 6.07) is 3.25. The standard InChI is InChI=1S/C18H20N2O4S/c1-12-10-15-16(24-17(21)20(15)4)11-14(12)19-25(22,23)13-6-5-8-18(2,3)9-7-13/h5-11,19H,1-4H3. The Hall–Kier alpha value is -2.54. The normalized spacial score (nSPS) is 16.7. The molecule has 1 aromatic heterocycles. The van der Waals surface area contributed by atoms with E-state index in [1.807, 2.05) is 26.0 Å². The largest absolute Gasteiger partial charge is 0.419 e. The van der Waals surface area contributed by atoms with Gasteiger partial charge in [0, 0.05) is 18.5 Å². The first-order valence-corrected chi connectivity index (χ1v) is 9.29. The monoisotopic (exact) mass is 360 g/mol. The molecule has 0 radical (unpaired) electrons. The van der Waals surface area contributed by atoms with E-state index < -0.39 is 15.8 Å². The van der Waals surface area contributed by atoms with E-state index in [1.165, 1.54) is 10.6 Å². The molecular weight excluding hydrogens is 340 g/mol. The second-order valence-corrected chi connectivity index (χ2v) is 8.43. The number of allylic oxidation sites excluding steroid dienone is 5. The van der Waals surface area contributed by atoms with Crippen LogP contribution in [0.15, 0.2) is 56.6 Å². The van der Waals surface area contributed by atoms with Gasteiger partial charge in [-0.3, -0.25) is 9.29 Å². The van der Waals surface area contributed by atoms with Gasteiger partial charge in [0.25, 0.3) is 10.0 Å². The highest BCUT2D eigenvalue weighted by Crippen LogP contribution is 2.28. The van der Waals surface area contributed by atoms with Crippen molar-refractivity contribution in [1.82, 2.24) is 4.57 Å². The average Bonchev–Trinajstić information content (AvgIpc) is 2.68. The fourth-order valence-corrected chi connectivity index (χ4v) is 3.70. The molecule has 7 heteroatoms. The Morgan fingerprint density at radius 1 is 1.20 bits per heavy atom. The lowest BCUT2D eigenvalue weighted by molar-refractivity contribution is 0.528. The molecule has 0 unspecified atom stereocenters. The third-order valence-electron chi connectivity index (χ3n) is 4.16. The number of benzene rings is 1. The van der Waals surface area contributed by atoms with E-state index in [0.29, 0.717) is 22.4 Å². The minimum atomic E-state index is -3.76. The van der Waals surface area contributed by atoms with Gasteiger partial charge in [0.05, 0.1) is 16.1 Å². The highest BCUT2D eigenvalue weighted by atomic mass is 32.2. The van der Waals surface area contributed by atoms with Gasteiger partial charge in [0.15, 0.2) is 5.58 Å². The van der Waals surface area contributed by atoms with Gasteiger partial charge in [0.2, 0.25) is 0 Å². The molecule has 25 heavy (non-hydrogen) atoms. The van der Waals surface area contributed by atoms with E-state index in [0.717, 1.165) is 0 Å². The van der Waals surface area contributed by atoms with Crippen LogP contribution in [0, 0.1) is 12.3 Å². The molecular formula is C18H20N2O4S. The third-order valence-corrected chi connectivity index (χ3v) is 5.54. The van der Waals surface area contributed by atoms with Crippen LogP contribution >= 0.6 is 0 Å². The molecule has 1 aromatic carbocycles. The summed E-state index contributed by atoms with van der Waals surface area (Å²) in [7, 11) is -2.15. The van der Waals surface area contributed by atoms with E-state index in [2.05, 4.69) is 4.72 Å². The number of nitrogens with zero attached hydrogens (tertiary/aromatic N) is 1. The van der Waals surface area contributed by atoms with Gasteiger partial charge in [-0.25, -0.2) is 13.2 Å². The van der Waals surface area contributed by atoms with Crippen LogP contribution in [0.25, 0.3) is 11.1 Å². The van der Waals surface area contributed by atoms with Crippen molar-refractivity contribution >= 4 is 26.8 Å². The van der Waals surface area contributed by atoms with Crippen molar-refractivity contribution in [1.29, 1.82) is 0 Å². The predicted molar refractivity (Wildman–Crippen MR) is 98.9 cm³/mol. The van der Waals surface area contributed by atoms with Gasteiger partial charge in [-0.15, -0.1) is 0 Å². The van der Waals surface area contributed by atoms with Crippen LogP contribution < -0.4 is 10.5 Å². The van der Waals surface area contributed by atoms with E-state index in [4.69, 9.17) is 4.42 Å². The number of aromatic nitrogens is 1. The highest BCUT2D eigenvalue weighted by Gasteiger charge is 2.20. The smallest absolute Gasteiger partial charge is 0.408 e. The zero-order valence-corrected chi connectivity index (χ0v) is 15.3. The topological polar surface area (TPSA) is 81.3 Å². The number of nitrogens with one attached hydrogen (secondary N) is 1. The molecule has 1 heterocycles. The number of hydrogen-bond acceptors (Lipinski definition) is 4. The van der Waals surface area contributed by atoms with Crippen LogP contribution in [-0.2, 0) is 17.1 Å². The van der Waals surface area contributed by atoms with Crippen molar-refractivity contribution in [2.75, 3.05) is 4.72 Å². The molecule has 0 saturated carbocycles. The maximum absolute atomic E-state index is 12.7. The molecule has 1 aliphatic rings. The maximum Gasteiger partial charge on any atom is 0.419 e. The Bertz CT molecular complexity index is 1100. The first-order chi connectivity index (χ1) is 11.6. The summed E-state index contributed by atoms with van der Waals surface area (Å²) < 4.78 is 34.5. The number of sulfonamides is 1. The molecule has 0 amide bonds. The lowest BCUT2D eigenvalue weighted by Crippen LogP contribution is -2.15. The summed E-state index contributed by atoms with van der Waals surface area (Å²) >= 11 is 0. The molecule has 0 fully saturated rings. The Morgan fingerprint density at radius 2 is 1.92 bits per heavy atom. The Labute approximate surface area is 146 Å². The van der Waals surface area contributed by atoms with E-state index in [9.17, 15) is 13.2 Å². The van der Waals surface area contributed by atoms with Crippen molar-refractivity contribution in [3.8, 4) is 0 Å². The molecule has 0 aliphatic heterocycles. The highest BCUT2D eigenvalue weighted by molar-refractivity contribution is 7.96. The molecule has 3 rings (SSSR count). The maximum atomic E-state index is 12.7. The summed E-state index contributed by atoms with van der Waals surface area (Å²) in [6.07, 6.45) is 8.67. The van der Waals surface area contributed by atoms with E-state index >= 15 is 0 Å². The van der Waals surface area contributed by atoms with E-state index in [-0.39, 0.29) is 10.3 Å². The number of fused-ring (bicyclic) bond motifs is 1. The summed E-state index contributed by atoms with van der Waals surface area (Å²) in [5.74, 6) is -0.490. The Balaban J connectivity index is 2.00. The number of rotatable bonds is 3. The molecule has 132 valence electrons. The lowest BCUT2D eigenvalue weighted by Gasteiger charge is -2.13. The number of hydrogen-bond donors (Lipinski definition) is 1. The number of oxazole rings is 1. The van der Waals surface area contributed by atoms with Crippen LogP contribution in [0.3, 0.4) is 0 Å². The molecule has 2 aromatic rings. The fraction of sp³-hybridized carbons (Fsp3) is 0.278. The molecule has 0 bridgehead atoms. The van der Waals surface area contributed by atoms with Crippen LogP contribution in [-0.4, -0.2) is 13.0 Å². The first-order valence-electron chi connectivity index (χ1n) is 7.81. The molecule has 0 saturated heterocycles. The first kappa shape index (κ1) is 17.3. The Kier molecular flexibility index (Phi) is 3.99. The van der Waals surface area contributed by atoms with Crippen molar-refractivity contribution < 1.29 is 12.8 Å². The molecule has 1 aliphatic carbocycles. The van der Waals surface area contributed by atoms with Crippen molar-refractivity contribution in [2.24, 2.45) is 12.5 Å².